The van der Waals surface area contributed by atoms with Gasteiger partial charge >= 0.3 is 0 Å². The summed E-state index contributed by atoms with van der Waals surface area (Å²) >= 11 is 0. The number of hydrogen-bond acceptors (Lipinski definition) is 5. The standard InChI is InChI=1S/C9H16N6O/c1-14(2)6-3-4-15(5-6)8(16)7-11-9(10)13-12-7/h6H,3-5H2,1-2H3,(H3,10,11,12,13). The van der Waals surface area contributed by atoms with Crippen LogP contribution >= 0.6 is 0 Å². The first-order valence-electron chi connectivity index (χ1n) is 5.21. The predicted octanol–water partition coefficient (Wildman–Crippen LogP) is -0.837. The second kappa shape index (κ2) is 4.09. The molecule has 1 atom stereocenters. The number of likely N-dealkylation sites (tertiary alicyclic amines) is 1. The molecule has 1 unspecified atom stereocenters. The van der Waals surface area contributed by atoms with Crippen LogP contribution in [-0.4, -0.2) is 64.1 Å². The van der Waals surface area contributed by atoms with E-state index < -0.39 is 0 Å². The molecule has 3 N–H and O–H groups in total. The van der Waals surface area contributed by atoms with Crippen molar-refractivity contribution in [2.45, 2.75) is 12.5 Å². The molecule has 16 heavy (non-hydrogen) atoms. The normalized spacial score (nSPS) is 20.7. The fourth-order valence-electron chi connectivity index (χ4n) is 1.87. The monoisotopic (exact) mass is 224 g/mol. The van der Waals surface area contributed by atoms with E-state index in [0.29, 0.717) is 6.04 Å². The van der Waals surface area contributed by atoms with Crippen molar-refractivity contribution >= 4 is 11.9 Å². The van der Waals surface area contributed by atoms with Crippen molar-refractivity contribution in [2.75, 3.05) is 32.9 Å². The molecule has 0 aromatic carbocycles. The molecular formula is C9H16N6O. The maximum atomic E-state index is 11.9. The maximum absolute atomic E-state index is 11.9. The predicted molar refractivity (Wildman–Crippen MR) is 58.8 cm³/mol. The Morgan fingerprint density at radius 1 is 1.62 bits per heavy atom. The Hall–Kier alpha value is -1.63. The van der Waals surface area contributed by atoms with Gasteiger partial charge in [0.25, 0.3) is 5.91 Å². The van der Waals surface area contributed by atoms with Gasteiger partial charge < -0.3 is 15.5 Å². The number of rotatable bonds is 2. The second-order valence-electron chi connectivity index (χ2n) is 4.20. The fraction of sp³-hybridized carbons (Fsp3) is 0.667. The van der Waals surface area contributed by atoms with Gasteiger partial charge in [0.05, 0.1) is 0 Å². The van der Waals surface area contributed by atoms with E-state index in [1.54, 1.807) is 4.90 Å². The van der Waals surface area contributed by atoms with E-state index in [1.165, 1.54) is 0 Å². The molecule has 0 saturated carbocycles. The molecule has 88 valence electrons. The third-order valence-corrected chi connectivity index (χ3v) is 2.89. The summed E-state index contributed by atoms with van der Waals surface area (Å²) in [4.78, 5) is 19.7. The molecule has 0 spiro atoms. The number of amides is 1. The summed E-state index contributed by atoms with van der Waals surface area (Å²) in [5.74, 6) is 0.192. The molecule has 1 aliphatic rings. The SMILES string of the molecule is CN(C)C1CCN(C(=O)c2nc(N)n[nH]2)C1. The van der Waals surface area contributed by atoms with E-state index in [4.69, 9.17) is 5.73 Å². The van der Waals surface area contributed by atoms with Crippen LogP contribution in [0.5, 0.6) is 0 Å². The number of likely N-dealkylation sites (N-methyl/N-ethyl adjacent to an activating group) is 1. The number of aromatic amines is 1. The highest BCUT2D eigenvalue weighted by atomic mass is 16.2. The summed E-state index contributed by atoms with van der Waals surface area (Å²) in [5.41, 5.74) is 5.36. The number of carbonyl (C=O) groups is 1. The quantitative estimate of drug-likeness (QED) is 0.683. The number of hydrogen-bond donors (Lipinski definition) is 2. The third-order valence-electron chi connectivity index (χ3n) is 2.89. The van der Waals surface area contributed by atoms with Crippen molar-refractivity contribution in [1.29, 1.82) is 0 Å². The van der Waals surface area contributed by atoms with Crippen molar-refractivity contribution in [2.24, 2.45) is 0 Å². The minimum Gasteiger partial charge on any atom is -0.366 e. The molecule has 1 aliphatic heterocycles. The number of nitrogens with one attached hydrogen (secondary N) is 1. The molecule has 0 aliphatic carbocycles. The number of nitrogen functional groups attached to an aromatic ring is 1. The van der Waals surface area contributed by atoms with E-state index in [-0.39, 0.29) is 17.7 Å². The molecule has 7 nitrogen and oxygen atoms in total. The molecule has 1 saturated heterocycles. The number of carbonyl (C=O) groups excluding carboxylic acids is 1. The van der Waals surface area contributed by atoms with Crippen molar-refractivity contribution in [3.63, 3.8) is 0 Å². The number of anilines is 1. The molecule has 2 rings (SSSR count). The first kappa shape index (κ1) is 10.9. The lowest BCUT2D eigenvalue weighted by molar-refractivity contribution is 0.0771. The molecule has 1 amide bonds. The zero-order valence-electron chi connectivity index (χ0n) is 9.47. The summed E-state index contributed by atoms with van der Waals surface area (Å²) < 4.78 is 0. The lowest BCUT2D eigenvalue weighted by Crippen LogP contribution is -2.34. The number of aromatic nitrogens is 3. The Bertz CT molecular complexity index is 387. The Morgan fingerprint density at radius 3 is 2.88 bits per heavy atom. The van der Waals surface area contributed by atoms with Crippen LogP contribution in [0.4, 0.5) is 5.95 Å². The summed E-state index contributed by atoms with van der Waals surface area (Å²) in [6, 6.07) is 0.421. The zero-order chi connectivity index (χ0) is 11.7. The van der Waals surface area contributed by atoms with E-state index in [0.717, 1.165) is 19.5 Å². The molecular weight excluding hydrogens is 208 g/mol. The van der Waals surface area contributed by atoms with E-state index in [2.05, 4.69) is 20.1 Å². The van der Waals surface area contributed by atoms with Crippen molar-refractivity contribution in [1.82, 2.24) is 25.0 Å². The van der Waals surface area contributed by atoms with E-state index >= 15 is 0 Å². The highest BCUT2D eigenvalue weighted by molar-refractivity contribution is 5.90. The van der Waals surface area contributed by atoms with Gasteiger partial charge in [0.2, 0.25) is 11.8 Å². The van der Waals surface area contributed by atoms with Gasteiger partial charge in [-0.2, -0.15) is 4.98 Å². The number of nitrogens with two attached hydrogens (primary N) is 1. The number of H-pyrrole nitrogens is 1. The Morgan fingerprint density at radius 2 is 2.38 bits per heavy atom. The second-order valence-corrected chi connectivity index (χ2v) is 4.20. The first-order chi connectivity index (χ1) is 7.58. The van der Waals surface area contributed by atoms with Crippen LogP contribution in [0.15, 0.2) is 0 Å². The largest absolute Gasteiger partial charge is 0.366 e. The van der Waals surface area contributed by atoms with Gasteiger partial charge in [0.15, 0.2) is 0 Å². The Balaban J connectivity index is 2.02. The summed E-state index contributed by atoms with van der Waals surface area (Å²) in [5, 5.41) is 6.18. The van der Waals surface area contributed by atoms with Gasteiger partial charge in [-0.15, -0.1) is 5.10 Å². The molecule has 0 bridgehead atoms. The fourth-order valence-corrected chi connectivity index (χ4v) is 1.87. The average molecular weight is 224 g/mol. The maximum Gasteiger partial charge on any atom is 0.291 e. The highest BCUT2D eigenvalue weighted by Crippen LogP contribution is 2.15. The van der Waals surface area contributed by atoms with Crippen molar-refractivity contribution in [3.05, 3.63) is 5.82 Å². The van der Waals surface area contributed by atoms with Crippen molar-refractivity contribution < 1.29 is 4.79 Å². The van der Waals surface area contributed by atoms with Crippen molar-refractivity contribution in [3.8, 4) is 0 Å². The average Bonchev–Trinajstić information content (AvgIpc) is 2.84. The third kappa shape index (κ3) is 1.99. The van der Waals surface area contributed by atoms with Gasteiger partial charge in [0.1, 0.15) is 0 Å². The number of nitrogens with zero attached hydrogens (tertiary/aromatic N) is 4. The van der Waals surface area contributed by atoms with E-state index in [1.807, 2.05) is 14.1 Å². The Labute approximate surface area is 93.6 Å². The topological polar surface area (TPSA) is 91.1 Å². The van der Waals surface area contributed by atoms with Gasteiger partial charge in [0, 0.05) is 19.1 Å². The Kier molecular flexibility index (Phi) is 2.78. The van der Waals surface area contributed by atoms with Gasteiger partial charge in [-0.05, 0) is 20.5 Å². The molecule has 1 aromatic rings. The zero-order valence-corrected chi connectivity index (χ0v) is 9.47. The van der Waals surface area contributed by atoms with Crippen LogP contribution in [-0.2, 0) is 0 Å². The first-order valence-corrected chi connectivity index (χ1v) is 5.21. The van der Waals surface area contributed by atoms with E-state index in [9.17, 15) is 4.79 Å². The smallest absolute Gasteiger partial charge is 0.291 e. The minimum absolute atomic E-state index is 0.103. The molecule has 0 radical (unpaired) electrons. The summed E-state index contributed by atoms with van der Waals surface area (Å²) in [6.45, 7) is 1.48. The lowest BCUT2D eigenvalue weighted by Gasteiger charge is -2.19. The van der Waals surface area contributed by atoms with Crippen LogP contribution in [0, 0.1) is 0 Å². The molecule has 7 heteroatoms. The van der Waals surface area contributed by atoms with Gasteiger partial charge in [-0.3, -0.25) is 9.89 Å². The molecule has 1 fully saturated rings. The molecule has 2 heterocycles. The molecule has 1 aromatic heterocycles. The summed E-state index contributed by atoms with van der Waals surface area (Å²) in [7, 11) is 4.04. The van der Waals surface area contributed by atoms with Crippen LogP contribution in [0.3, 0.4) is 0 Å². The van der Waals surface area contributed by atoms with Crippen LogP contribution < -0.4 is 5.73 Å². The lowest BCUT2D eigenvalue weighted by atomic mass is 10.2. The highest BCUT2D eigenvalue weighted by Gasteiger charge is 2.29. The minimum atomic E-state index is -0.131. The van der Waals surface area contributed by atoms with Gasteiger partial charge in [-0.1, -0.05) is 0 Å². The van der Waals surface area contributed by atoms with Crippen LogP contribution in [0.25, 0.3) is 0 Å². The summed E-state index contributed by atoms with van der Waals surface area (Å²) in [6.07, 6.45) is 0.988. The van der Waals surface area contributed by atoms with Crippen LogP contribution in [0.1, 0.15) is 17.0 Å². The van der Waals surface area contributed by atoms with Gasteiger partial charge in [-0.25, -0.2) is 0 Å². The van der Waals surface area contributed by atoms with Crippen LogP contribution in [0.2, 0.25) is 0 Å².